The topological polar surface area (TPSA) is 3.24 Å². The van der Waals surface area contributed by atoms with Crippen LogP contribution in [0.1, 0.15) is 44.5 Å². The van der Waals surface area contributed by atoms with Crippen LogP contribution in [0, 0.1) is 0 Å². The highest BCUT2D eigenvalue weighted by Crippen LogP contribution is 2.66. The zero-order valence-corrected chi connectivity index (χ0v) is 33.6. The zero-order chi connectivity index (χ0) is 40.4. The van der Waals surface area contributed by atoms with Crippen LogP contribution in [0.5, 0.6) is 0 Å². The van der Waals surface area contributed by atoms with E-state index >= 15 is 0 Å². The summed E-state index contributed by atoms with van der Waals surface area (Å²) in [6.07, 6.45) is 0. The van der Waals surface area contributed by atoms with Crippen LogP contribution in [0.4, 0.5) is 17.1 Å². The van der Waals surface area contributed by atoms with E-state index in [9.17, 15) is 0 Å². The Labute approximate surface area is 357 Å². The lowest BCUT2D eigenvalue weighted by Crippen LogP contribution is -2.44. The summed E-state index contributed by atoms with van der Waals surface area (Å²) in [5, 5.41) is 2.41. The van der Waals surface area contributed by atoms with Gasteiger partial charge in [0.25, 0.3) is 0 Å². The number of fused-ring (bicyclic) bond motifs is 6. The van der Waals surface area contributed by atoms with E-state index < -0.39 is 10.8 Å². The summed E-state index contributed by atoms with van der Waals surface area (Å²) < 4.78 is 0. The molecular weight excluding hydrogens is 735 g/mol. The highest BCUT2D eigenvalue weighted by Gasteiger charge is 2.57. The molecule has 0 amide bonds. The second-order valence-corrected chi connectivity index (χ2v) is 16.3. The van der Waals surface area contributed by atoms with Crippen molar-refractivity contribution in [3.05, 3.63) is 293 Å². The molecule has 2 unspecified atom stereocenters. The van der Waals surface area contributed by atoms with Crippen LogP contribution in [-0.2, 0) is 10.8 Å². The monoisotopic (exact) mass is 775 g/mol. The van der Waals surface area contributed by atoms with Gasteiger partial charge in [0.2, 0.25) is 0 Å². The molecule has 0 heterocycles. The smallest absolute Gasteiger partial charge is 0.0720 e. The summed E-state index contributed by atoms with van der Waals surface area (Å²) in [5.74, 6) is 0. The normalized spacial score (nSPS) is 17.0. The fraction of sp³-hybridized carbons (Fsp3) is 0.0333. The Balaban J connectivity index is 1.16. The SMILES string of the molecule is c1ccc(-c2ccc(N(c3cccc(C4(c5ccccc5)c5ccccc5C5(c6ccccc6)c6ccccc6-c6cccc4c65)c3)c3cccc4ccccc34)cc2)cc1. The summed E-state index contributed by atoms with van der Waals surface area (Å²) in [4.78, 5) is 2.45. The molecule has 12 rings (SSSR count). The number of nitrogens with zero attached hydrogens (tertiary/aromatic N) is 1. The number of rotatable bonds is 7. The summed E-state index contributed by atoms with van der Waals surface area (Å²) in [5.41, 5.74) is 17.6. The molecule has 0 saturated carbocycles. The van der Waals surface area contributed by atoms with Gasteiger partial charge in [0.15, 0.2) is 0 Å². The Bertz CT molecular complexity index is 3240. The first-order chi connectivity index (χ1) is 30.3. The second kappa shape index (κ2) is 13.9. The van der Waals surface area contributed by atoms with E-state index in [0.717, 1.165) is 17.1 Å². The van der Waals surface area contributed by atoms with Gasteiger partial charge in [-0.25, -0.2) is 0 Å². The third-order valence-corrected chi connectivity index (χ3v) is 13.4. The Morgan fingerprint density at radius 1 is 0.295 bits per heavy atom. The molecule has 0 saturated heterocycles. The van der Waals surface area contributed by atoms with E-state index in [1.807, 2.05) is 0 Å². The largest absolute Gasteiger partial charge is 0.310 e. The molecule has 0 fully saturated rings. The van der Waals surface area contributed by atoms with E-state index in [2.05, 4.69) is 254 Å². The van der Waals surface area contributed by atoms with Crippen LogP contribution in [0.3, 0.4) is 0 Å². The highest BCUT2D eigenvalue weighted by molar-refractivity contribution is 5.99. The van der Waals surface area contributed by atoms with Crippen molar-refractivity contribution < 1.29 is 0 Å². The van der Waals surface area contributed by atoms with Gasteiger partial charge in [0, 0.05) is 16.8 Å². The number of benzene rings is 10. The summed E-state index contributed by atoms with van der Waals surface area (Å²) >= 11 is 0. The first-order valence-electron chi connectivity index (χ1n) is 21.3. The van der Waals surface area contributed by atoms with Crippen LogP contribution in [-0.4, -0.2) is 0 Å². The molecule has 0 spiro atoms. The van der Waals surface area contributed by atoms with Crippen LogP contribution >= 0.6 is 0 Å². The number of hydrogen-bond donors (Lipinski definition) is 0. The lowest BCUT2D eigenvalue weighted by molar-refractivity contribution is 0.627. The maximum Gasteiger partial charge on any atom is 0.0720 e. The minimum absolute atomic E-state index is 0.494. The van der Waals surface area contributed by atoms with Crippen LogP contribution < -0.4 is 4.90 Å². The molecule has 1 nitrogen and oxygen atoms in total. The Morgan fingerprint density at radius 2 is 0.803 bits per heavy atom. The fourth-order valence-corrected chi connectivity index (χ4v) is 11.0. The van der Waals surface area contributed by atoms with Crippen molar-refractivity contribution in [1.82, 2.24) is 0 Å². The summed E-state index contributed by atoms with van der Waals surface area (Å²) in [6, 6.07) is 92.4. The van der Waals surface area contributed by atoms with E-state index in [1.165, 1.54) is 77.5 Å². The summed E-state index contributed by atoms with van der Waals surface area (Å²) in [6.45, 7) is 0. The predicted octanol–water partition coefficient (Wildman–Crippen LogP) is 15.0. The van der Waals surface area contributed by atoms with Gasteiger partial charge < -0.3 is 4.90 Å². The molecule has 1 heteroatoms. The Morgan fingerprint density at radius 3 is 1.56 bits per heavy atom. The van der Waals surface area contributed by atoms with Crippen LogP contribution in [0.2, 0.25) is 0 Å². The quantitative estimate of drug-likeness (QED) is 0.156. The van der Waals surface area contributed by atoms with Crippen LogP contribution in [0.25, 0.3) is 33.0 Å². The van der Waals surface area contributed by atoms with Gasteiger partial charge in [0.05, 0.1) is 16.5 Å². The molecule has 2 aliphatic carbocycles. The molecule has 0 aromatic heterocycles. The summed E-state index contributed by atoms with van der Waals surface area (Å²) in [7, 11) is 0. The van der Waals surface area contributed by atoms with Crippen molar-refractivity contribution >= 4 is 27.8 Å². The molecule has 2 aliphatic rings. The maximum atomic E-state index is 2.47. The zero-order valence-electron chi connectivity index (χ0n) is 33.6. The van der Waals surface area contributed by atoms with Gasteiger partial charge in [-0.2, -0.15) is 0 Å². The maximum absolute atomic E-state index is 2.47. The lowest BCUT2D eigenvalue weighted by atomic mass is 9.51. The van der Waals surface area contributed by atoms with Gasteiger partial charge in [-0.3, -0.25) is 0 Å². The Hall–Kier alpha value is -7.74. The van der Waals surface area contributed by atoms with Crippen molar-refractivity contribution in [2.24, 2.45) is 0 Å². The number of hydrogen-bond acceptors (Lipinski definition) is 1. The van der Waals surface area contributed by atoms with Gasteiger partial charge in [-0.05, 0) is 102 Å². The minimum Gasteiger partial charge on any atom is -0.310 e. The molecule has 0 N–H and O–H groups in total. The van der Waals surface area contributed by atoms with Crippen LogP contribution in [0.15, 0.2) is 249 Å². The molecule has 0 aliphatic heterocycles. The second-order valence-electron chi connectivity index (χ2n) is 16.3. The molecule has 10 aromatic rings. The first-order valence-corrected chi connectivity index (χ1v) is 21.3. The predicted molar refractivity (Wildman–Crippen MR) is 253 cm³/mol. The van der Waals surface area contributed by atoms with Crippen molar-refractivity contribution in [3.8, 4) is 22.3 Å². The molecule has 2 atom stereocenters. The van der Waals surface area contributed by atoms with E-state index in [4.69, 9.17) is 0 Å². The average molecular weight is 776 g/mol. The molecule has 0 bridgehead atoms. The van der Waals surface area contributed by atoms with Gasteiger partial charge >= 0.3 is 0 Å². The molecule has 61 heavy (non-hydrogen) atoms. The average Bonchev–Trinajstić information content (AvgIpc) is 3.65. The van der Waals surface area contributed by atoms with Crippen molar-refractivity contribution in [2.75, 3.05) is 4.90 Å². The first kappa shape index (κ1) is 35.2. The van der Waals surface area contributed by atoms with Crippen molar-refractivity contribution in [2.45, 2.75) is 10.8 Å². The van der Waals surface area contributed by atoms with Crippen molar-refractivity contribution in [3.63, 3.8) is 0 Å². The van der Waals surface area contributed by atoms with E-state index in [-0.39, 0.29) is 0 Å². The van der Waals surface area contributed by atoms with E-state index in [1.54, 1.807) is 0 Å². The third-order valence-electron chi connectivity index (χ3n) is 13.4. The highest BCUT2D eigenvalue weighted by atomic mass is 15.1. The third kappa shape index (κ3) is 5.08. The number of anilines is 3. The molecular formula is C60H41N. The van der Waals surface area contributed by atoms with Crippen molar-refractivity contribution in [1.29, 1.82) is 0 Å². The lowest BCUT2D eigenvalue weighted by Gasteiger charge is -2.49. The fourth-order valence-electron chi connectivity index (χ4n) is 11.0. The van der Waals surface area contributed by atoms with E-state index in [0.29, 0.717) is 0 Å². The minimum atomic E-state index is -0.652. The standard InChI is InChI=1S/C60H41N/c1-4-19-42(20-5-1)43-37-39-48(40-38-43)61(57-36-16-22-44-21-10-11-29-50(44)57)49-28-17-27-47(41-49)59(45-23-6-2-7-24-45)54-33-14-15-34-55(54)60(46-25-8-3-9-26-46)53-32-13-12-30-51(53)52-31-18-35-56(59)58(52)60/h1-41H. The van der Waals surface area contributed by atoms with Gasteiger partial charge in [-0.1, -0.05) is 218 Å². The molecule has 10 aromatic carbocycles. The Kier molecular flexibility index (Phi) is 8.05. The van der Waals surface area contributed by atoms with Gasteiger partial charge in [-0.15, -0.1) is 0 Å². The van der Waals surface area contributed by atoms with Gasteiger partial charge in [0.1, 0.15) is 0 Å². The molecule has 286 valence electrons. The molecule has 0 radical (unpaired) electrons.